The Morgan fingerprint density at radius 1 is 1.30 bits per heavy atom. The third kappa shape index (κ3) is 4.96. The molecule has 5 heteroatoms. The van der Waals surface area contributed by atoms with Crippen LogP contribution in [0.5, 0.6) is 11.5 Å². The van der Waals surface area contributed by atoms with Gasteiger partial charge < -0.3 is 14.8 Å². The molecule has 0 spiro atoms. The van der Waals surface area contributed by atoms with Gasteiger partial charge in [-0.05, 0) is 17.9 Å². The minimum Gasteiger partial charge on any atom is -0.493 e. The van der Waals surface area contributed by atoms with E-state index >= 15 is 0 Å². The zero-order valence-corrected chi connectivity index (χ0v) is 12.5. The molecule has 114 valence electrons. The summed E-state index contributed by atoms with van der Waals surface area (Å²) in [5.41, 5.74) is 0.833. The number of nitrogens with one attached hydrogen (secondary N) is 1. The zero-order chi connectivity index (χ0) is 15.2. The molecule has 0 atom stereocenters. The van der Waals surface area contributed by atoms with Crippen molar-refractivity contribution in [2.75, 3.05) is 13.7 Å². The van der Waals surface area contributed by atoms with Crippen LogP contribution < -0.4 is 14.8 Å². The molecule has 20 heavy (non-hydrogen) atoms. The normalized spacial score (nSPS) is 11.8. The topological polar surface area (TPSA) is 30.5 Å². The van der Waals surface area contributed by atoms with Gasteiger partial charge in [0.15, 0.2) is 11.5 Å². The highest BCUT2D eigenvalue weighted by atomic mass is 19.3. The Balaban J connectivity index is 2.78. The monoisotopic (exact) mass is 287 g/mol. The molecule has 1 aromatic rings. The van der Waals surface area contributed by atoms with Gasteiger partial charge >= 0.3 is 6.61 Å². The Morgan fingerprint density at radius 3 is 2.55 bits per heavy atom. The molecule has 0 aliphatic heterocycles. The van der Waals surface area contributed by atoms with E-state index in [4.69, 9.17) is 4.74 Å². The summed E-state index contributed by atoms with van der Waals surface area (Å²) >= 11 is 0. The van der Waals surface area contributed by atoms with Crippen molar-refractivity contribution in [2.45, 2.75) is 40.3 Å². The predicted octanol–water partition coefficient (Wildman–Crippen LogP) is 3.82. The highest BCUT2D eigenvalue weighted by Gasteiger charge is 2.17. The Kier molecular flexibility index (Phi) is 6.20. The Morgan fingerprint density at radius 2 is 2.00 bits per heavy atom. The number of alkyl halides is 2. The van der Waals surface area contributed by atoms with Crippen molar-refractivity contribution >= 4 is 0 Å². The van der Waals surface area contributed by atoms with Crippen LogP contribution in [0.25, 0.3) is 0 Å². The summed E-state index contributed by atoms with van der Waals surface area (Å²) in [6, 6.07) is 5.13. The van der Waals surface area contributed by atoms with Crippen LogP contribution in [-0.2, 0) is 6.54 Å². The van der Waals surface area contributed by atoms with Crippen molar-refractivity contribution in [1.29, 1.82) is 0 Å². The van der Waals surface area contributed by atoms with E-state index in [1.54, 1.807) is 18.2 Å². The molecular formula is C15H23F2NO2. The maximum atomic E-state index is 12.5. The third-order valence-corrected chi connectivity index (χ3v) is 3.36. The van der Waals surface area contributed by atoms with Gasteiger partial charge in [-0.15, -0.1) is 0 Å². The molecule has 0 fully saturated rings. The fourth-order valence-corrected chi connectivity index (χ4v) is 1.74. The number of ether oxygens (including phenoxy) is 2. The molecule has 0 unspecified atom stereocenters. The molecule has 0 amide bonds. The van der Waals surface area contributed by atoms with Gasteiger partial charge in [-0.1, -0.05) is 32.9 Å². The van der Waals surface area contributed by atoms with Crippen LogP contribution in [0.4, 0.5) is 8.78 Å². The maximum Gasteiger partial charge on any atom is 0.387 e. The molecule has 0 radical (unpaired) electrons. The lowest BCUT2D eigenvalue weighted by Gasteiger charge is -2.23. The summed E-state index contributed by atoms with van der Waals surface area (Å²) < 4.78 is 34.6. The van der Waals surface area contributed by atoms with Crippen LogP contribution in [0.1, 0.15) is 32.8 Å². The molecule has 0 aromatic heterocycles. The molecule has 1 N–H and O–H groups in total. The largest absolute Gasteiger partial charge is 0.493 e. The van der Waals surface area contributed by atoms with Crippen molar-refractivity contribution in [3.05, 3.63) is 23.8 Å². The first-order valence-corrected chi connectivity index (χ1v) is 6.71. The molecule has 0 heterocycles. The number of hydrogen-bond donors (Lipinski definition) is 1. The first-order chi connectivity index (χ1) is 9.39. The van der Waals surface area contributed by atoms with Crippen molar-refractivity contribution in [1.82, 2.24) is 5.32 Å². The quantitative estimate of drug-likeness (QED) is 0.788. The van der Waals surface area contributed by atoms with Crippen molar-refractivity contribution in [3.8, 4) is 11.5 Å². The van der Waals surface area contributed by atoms with Crippen LogP contribution in [0.2, 0.25) is 0 Å². The van der Waals surface area contributed by atoms with Gasteiger partial charge in [0.05, 0.1) is 7.11 Å². The van der Waals surface area contributed by atoms with Crippen LogP contribution in [0.3, 0.4) is 0 Å². The summed E-state index contributed by atoms with van der Waals surface area (Å²) in [6.45, 7) is 4.83. The fourth-order valence-electron chi connectivity index (χ4n) is 1.74. The number of benzene rings is 1. The lowest BCUT2D eigenvalue weighted by Crippen LogP contribution is -2.28. The summed E-state index contributed by atoms with van der Waals surface area (Å²) in [5.74, 6) is 0.422. The molecule has 0 aliphatic rings. The van der Waals surface area contributed by atoms with Gasteiger partial charge in [0.25, 0.3) is 0 Å². The molecule has 0 saturated heterocycles. The fraction of sp³-hybridized carbons (Fsp3) is 0.600. The van der Waals surface area contributed by atoms with Gasteiger partial charge in [0.1, 0.15) is 0 Å². The van der Waals surface area contributed by atoms with E-state index in [0.717, 1.165) is 13.0 Å². The summed E-state index contributed by atoms with van der Waals surface area (Å²) in [6.07, 6.45) is 1.04. The standard InChI is InChI=1S/C15H23F2NO2/c1-5-15(2,3)10-18-9-11-7-6-8-12(19-4)13(11)20-14(16)17/h6-8,14,18H,5,9-10H2,1-4H3. The van der Waals surface area contributed by atoms with E-state index in [9.17, 15) is 8.78 Å². The van der Waals surface area contributed by atoms with Crippen molar-refractivity contribution in [3.63, 3.8) is 0 Å². The first kappa shape index (κ1) is 16.7. The van der Waals surface area contributed by atoms with E-state index in [1.807, 2.05) is 0 Å². The van der Waals surface area contributed by atoms with Gasteiger partial charge in [0, 0.05) is 18.7 Å². The minimum atomic E-state index is -2.86. The molecule has 0 saturated carbocycles. The van der Waals surface area contributed by atoms with E-state index < -0.39 is 6.61 Å². The lowest BCUT2D eigenvalue weighted by atomic mass is 9.90. The van der Waals surface area contributed by atoms with Crippen LogP contribution >= 0.6 is 0 Å². The number of para-hydroxylation sites is 1. The Bertz CT molecular complexity index is 422. The van der Waals surface area contributed by atoms with Gasteiger partial charge in [-0.2, -0.15) is 8.78 Å². The highest BCUT2D eigenvalue weighted by Crippen LogP contribution is 2.32. The second kappa shape index (κ2) is 7.43. The third-order valence-electron chi connectivity index (χ3n) is 3.36. The lowest BCUT2D eigenvalue weighted by molar-refractivity contribution is -0.0518. The second-order valence-electron chi connectivity index (χ2n) is 5.45. The van der Waals surface area contributed by atoms with Gasteiger partial charge in [0.2, 0.25) is 0 Å². The summed E-state index contributed by atoms with van der Waals surface area (Å²) in [4.78, 5) is 0. The number of halogens is 2. The molecule has 0 bridgehead atoms. The van der Waals surface area contributed by atoms with Crippen molar-refractivity contribution in [2.24, 2.45) is 5.41 Å². The van der Waals surface area contributed by atoms with E-state index in [-0.39, 0.29) is 11.2 Å². The van der Waals surface area contributed by atoms with Gasteiger partial charge in [-0.25, -0.2) is 0 Å². The minimum absolute atomic E-state index is 0.104. The molecular weight excluding hydrogens is 264 g/mol. The average Bonchev–Trinajstić information content (AvgIpc) is 2.39. The molecule has 1 rings (SSSR count). The maximum absolute atomic E-state index is 12.5. The summed E-state index contributed by atoms with van der Waals surface area (Å²) in [5, 5.41) is 3.28. The zero-order valence-electron chi connectivity index (χ0n) is 12.5. The SMILES string of the molecule is CCC(C)(C)CNCc1cccc(OC)c1OC(F)F. The van der Waals surface area contributed by atoms with Crippen LogP contribution in [0, 0.1) is 5.41 Å². The highest BCUT2D eigenvalue weighted by molar-refractivity contribution is 5.46. The second-order valence-corrected chi connectivity index (χ2v) is 5.45. The van der Waals surface area contributed by atoms with E-state index in [1.165, 1.54) is 7.11 Å². The first-order valence-electron chi connectivity index (χ1n) is 6.71. The van der Waals surface area contributed by atoms with Gasteiger partial charge in [-0.3, -0.25) is 0 Å². The predicted molar refractivity (Wildman–Crippen MR) is 75.4 cm³/mol. The smallest absolute Gasteiger partial charge is 0.387 e. The summed E-state index contributed by atoms with van der Waals surface area (Å²) in [7, 11) is 1.44. The molecule has 1 aromatic carbocycles. The number of rotatable bonds is 8. The van der Waals surface area contributed by atoms with Crippen molar-refractivity contribution < 1.29 is 18.3 Å². The van der Waals surface area contributed by atoms with E-state index in [0.29, 0.717) is 17.9 Å². The van der Waals surface area contributed by atoms with E-state index in [2.05, 4.69) is 30.8 Å². The van der Waals surface area contributed by atoms with Crippen LogP contribution in [-0.4, -0.2) is 20.3 Å². The Hall–Kier alpha value is -1.36. The molecule has 0 aliphatic carbocycles. The number of methoxy groups -OCH3 is 1. The average molecular weight is 287 g/mol. The number of hydrogen-bond acceptors (Lipinski definition) is 3. The Labute approximate surface area is 119 Å². The van der Waals surface area contributed by atoms with Crippen LogP contribution in [0.15, 0.2) is 18.2 Å². The molecule has 3 nitrogen and oxygen atoms in total.